The third kappa shape index (κ3) is 2.98. The predicted octanol–water partition coefficient (Wildman–Crippen LogP) is 1.28. The van der Waals surface area contributed by atoms with Gasteiger partial charge in [-0.1, -0.05) is 6.07 Å². The van der Waals surface area contributed by atoms with Crippen molar-refractivity contribution in [1.29, 1.82) is 5.26 Å². The number of para-hydroxylation sites is 1. The van der Waals surface area contributed by atoms with Crippen LogP contribution in [0.15, 0.2) is 27.4 Å². The molecule has 1 saturated heterocycles. The summed E-state index contributed by atoms with van der Waals surface area (Å²) in [6.45, 7) is 1.86. The van der Waals surface area contributed by atoms with Gasteiger partial charge in [0, 0.05) is 20.1 Å². The Morgan fingerprint density at radius 1 is 1.43 bits per heavy atom. The van der Waals surface area contributed by atoms with Crippen LogP contribution in [-0.2, 0) is 11.8 Å². The molecule has 23 heavy (non-hydrogen) atoms. The van der Waals surface area contributed by atoms with E-state index in [-0.39, 0.29) is 17.3 Å². The standard InChI is InChI=1S/C16H17N3O4/c1-18-13-4-2-3-12(14(13)23-16(18)21)15(20)22-11-5-8-19(9-6-11)10-7-17/h2-4,11H,5-6,8-10H2,1H3. The third-order valence-electron chi connectivity index (χ3n) is 4.14. The van der Waals surface area contributed by atoms with Crippen LogP contribution in [0.25, 0.3) is 11.1 Å². The summed E-state index contributed by atoms with van der Waals surface area (Å²) in [5.74, 6) is -0.992. The second-order valence-electron chi connectivity index (χ2n) is 5.62. The van der Waals surface area contributed by atoms with Crippen molar-refractivity contribution in [3.63, 3.8) is 0 Å². The van der Waals surface area contributed by atoms with E-state index in [1.165, 1.54) is 4.57 Å². The highest BCUT2D eigenvalue weighted by atomic mass is 16.5. The number of carbonyl (C=O) groups excluding carboxylic acids is 1. The molecule has 1 aromatic heterocycles. The lowest BCUT2D eigenvalue weighted by molar-refractivity contribution is 0.0128. The van der Waals surface area contributed by atoms with Crippen molar-refractivity contribution in [3.05, 3.63) is 34.3 Å². The van der Waals surface area contributed by atoms with Crippen LogP contribution < -0.4 is 5.76 Å². The number of esters is 1. The van der Waals surface area contributed by atoms with Crippen molar-refractivity contribution in [2.24, 2.45) is 7.05 Å². The van der Waals surface area contributed by atoms with Crippen LogP contribution in [0.5, 0.6) is 0 Å². The topological polar surface area (TPSA) is 88.5 Å². The van der Waals surface area contributed by atoms with Gasteiger partial charge in [0.05, 0.1) is 18.1 Å². The average molecular weight is 315 g/mol. The number of aryl methyl sites for hydroxylation is 1. The zero-order valence-corrected chi connectivity index (χ0v) is 12.8. The maximum atomic E-state index is 12.4. The second kappa shape index (κ2) is 6.26. The molecule has 7 nitrogen and oxygen atoms in total. The first kappa shape index (κ1) is 15.3. The Morgan fingerprint density at radius 3 is 2.87 bits per heavy atom. The Morgan fingerprint density at radius 2 is 2.17 bits per heavy atom. The first-order valence-electron chi connectivity index (χ1n) is 7.49. The molecule has 0 aliphatic carbocycles. The summed E-state index contributed by atoms with van der Waals surface area (Å²) in [6, 6.07) is 7.13. The molecule has 0 amide bonds. The van der Waals surface area contributed by atoms with Gasteiger partial charge < -0.3 is 9.15 Å². The molecule has 0 spiro atoms. The fourth-order valence-electron chi connectivity index (χ4n) is 2.81. The summed E-state index contributed by atoms with van der Waals surface area (Å²) in [5.41, 5.74) is 1.08. The number of likely N-dealkylation sites (tertiary alicyclic amines) is 1. The molecule has 1 aromatic carbocycles. The Balaban J connectivity index is 1.74. The van der Waals surface area contributed by atoms with Crippen LogP contribution in [0.4, 0.5) is 0 Å². The molecule has 2 aromatic rings. The zero-order chi connectivity index (χ0) is 16.4. The van der Waals surface area contributed by atoms with Crippen LogP contribution in [0.1, 0.15) is 23.2 Å². The average Bonchev–Trinajstić information content (AvgIpc) is 2.84. The lowest BCUT2D eigenvalue weighted by Gasteiger charge is -2.29. The first-order valence-corrected chi connectivity index (χ1v) is 7.49. The number of nitrogens with zero attached hydrogens (tertiary/aromatic N) is 3. The van der Waals surface area contributed by atoms with Crippen molar-refractivity contribution in [2.45, 2.75) is 18.9 Å². The normalized spacial score (nSPS) is 16.3. The van der Waals surface area contributed by atoms with Crippen LogP contribution in [0.3, 0.4) is 0 Å². The van der Waals surface area contributed by atoms with Crippen molar-refractivity contribution >= 4 is 17.1 Å². The number of rotatable bonds is 3. The summed E-state index contributed by atoms with van der Waals surface area (Å²) in [6.07, 6.45) is 1.22. The lowest BCUT2D eigenvalue weighted by atomic mass is 10.1. The fraction of sp³-hybridized carbons (Fsp3) is 0.438. The van der Waals surface area contributed by atoms with Crippen LogP contribution in [0.2, 0.25) is 0 Å². The Bertz CT molecular complexity index is 822. The number of nitriles is 1. The van der Waals surface area contributed by atoms with E-state index in [0.29, 0.717) is 24.9 Å². The van der Waals surface area contributed by atoms with Gasteiger partial charge in [0.2, 0.25) is 0 Å². The summed E-state index contributed by atoms with van der Waals surface area (Å²) < 4.78 is 12.0. The van der Waals surface area contributed by atoms with Gasteiger partial charge in [-0.25, -0.2) is 9.59 Å². The zero-order valence-electron chi connectivity index (χ0n) is 12.8. The van der Waals surface area contributed by atoms with Crippen molar-refractivity contribution in [3.8, 4) is 6.07 Å². The van der Waals surface area contributed by atoms with Crippen molar-refractivity contribution in [2.75, 3.05) is 19.6 Å². The molecule has 120 valence electrons. The number of aromatic nitrogens is 1. The highest BCUT2D eigenvalue weighted by Gasteiger charge is 2.24. The van der Waals surface area contributed by atoms with Gasteiger partial charge in [0.25, 0.3) is 0 Å². The van der Waals surface area contributed by atoms with E-state index in [9.17, 15) is 9.59 Å². The molecule has 0 N–H and O–H groups in total. The minimum Gasteiger partial charge on any atom is -0.459 e. The molecule has 0 unspecified atom stereocenters. The van der Waals surface area contributed by atoms with E-state index in [2.05, 4.69) is 6.07 Å². The number of hydrogen-bond donors (Lipinski definition) is 0. The van der Waals surface area contributed by atoms with Crippen LogP contribution in [0, 0.1) is 11.3 Å². The highest BCUT2D eigenvalue weighted by molar-refractivity contribution is 6.01. The molecule has 0 saturated carbocycles. The second-order valence-corrected chi connectivity index (χ2v) is 5.62. The number of benzene rings is 1. The number of ether oxygens (including phenoxy) is 1. The molecule has 7 heteroatoms. The van der Waals surface area contributed by atoms with E-state index >= 15 is 0 Å². The van der Waals surface area contributed by atoms with Crippen molar-refractivity contribution in [1.82, 2.24) is 9.47 Å². The summed E-state index contributed by atoms with van der Waals surface area (Å²) >= 11 is 0. The number of fused-ring (bicyclic) bond motifs is 1. The molecule has 3 rings (SSSR count). The molecule has 1 aliphatic heterocycles. The maximum absolute atomic E-state index is 12.4. The van der Waals surface area contributed by atoms with Crippen LogP contribution in [-0.4, -0.2) is 41.2 Å². The molecule has 2 heterocycles. The first-order chi connectivity index (χ1) is 11.1. The van der Waals surface area contributed by atoms with Crippen LogP contribution >= 0.6 is 0 Å². The Labute approximate surface area is 132 Å². The van der Waals surface area contributed by atoms with Gasteiger partial charge in [-0.15, -0.1) is 0 Å². The quantitative estimate of drug-likeness (QED) is 0.626. The molecule has 1 fully saturated rings. The summed E-state index contributed by atoms with van der Waals surface area (Å²) in [7, 11) is 1.59. The largest absolute Gasteiger partial charge is 0.459 e. The summed E-state index contributed by atoms with van der Waals surface area (Å²) in [5, 5.41) is 8.69. The minimum absolute atomic E-state index is 0.178. The predicted molar refractivity (Wildman–Crippen MR) is 81.9 cm³/mol. The lowest BCUT2D eigenvalue weighted by Crippen LogP contribution is -2.38. The number of hydrogen-bond acceptors (Lipinski definition) is 6. The van der Waals surface area contributed by atoms with Crippen molar-refractivity contribution < 1.29 is 13.9 Å². The van der Waals surface area contributed by atoms with Gasteiger partial charge >= 0.3 is 11.7 Å². The molecule has 0 bridgehead atoms. The Kier molecular flexibility index (Phi) is 4.17. The number of piperidine rings is 1. The Hall–Kier alpha value is -2.59. The molecular weight excluding hydrogens is 298 g/mol. The minimum atomic E-state index is -0.509. The van der Waals surface area contributed by atoms with Gasteiger partial charge in [-0.3, -0.25) is 9.47 Å². The van der Waals surface area contributed by atoms with E-state index < -0.39 is 11.7 Å². The fourth-order valence-corrected chi connectivity index (χ4v) is 2.81. The smallest absolute Gasteiger partial charge is 0.419 e. The third-order valence-corrected chi connectivity index (χ3v) is 4.14. The molecular formula is C16H17N3O4. The van der Waals surface area contributed by atoms with Gasteiger partial charge in [-0.05, 0) is 25.0 Å². The summed E-state index contributed by atoms with van der Waals surface area (Å²) in [4.78, 5) is 26.0. The van der Waals surface area contributed by atoms with E-state index in [1.54, 1.807) is 25.2 Å². The molecule has 0 radical (unpaired) electrons. The van der Waals surface area contributed by atoms with E-state index in [1.807, 2.05) is 4.90 Å². The monoisotopic (exact) mass is 315 g/mol. The highest BCUT2D eigenvalue weighted by Crippen LogP contribution is 2.21. The molecule has 1 aliphatic rings. The maximum Gasteiger partial charge on any atom is 0.419 e. The van der Waals surface area contributed by atoms with Gasteiger partial charge in [0.1, 0.15) is 11.7 Å². The van der Waals surface area contributed by atoms with Gasteiger partial charge in [0.15, 0.2) is 5.58 Å². The SMILES string of the molecule is Cn1c(=O)oc2c(C(=O)OC3CCN(CC#N)CC3)cccc21. The van der Waals surface area contributed by atoms with Gasteiger partial charge in [-0.2, -0.15) is 5.26 Å². The van der Waals surface area contributed by atoms with E-state index in [0.717, 1.165) is 13.1 Å². The molecule has 0 atom stereocenters. The number of carbonyl (C=O) groups is 1. The van der Waals surface area contributed by atoms with E-state index in [4.69, 9.17) is 14.4 Å². The number of oxazole rings is 1.